The van der Waals surface area contributed by atoms with Crippen LogP contribution in [0.3, 0.4) is 0 Å². The quantitative estimate of drug-likeness (QED) is 0.397. The summed E-state index contributed by atoms with van der Waals surface area (Å²) in [5.41, 5.74) is 7.19. The van der Waals surface area contributed by atoms with Gasteiger partial charge in [-0.25, -0.2) is 9.98 Å². The molecule has 0 atom stereocenters. The molecule has 0 saturated carbocycles. The second-order valence-corrected chi connectivity index (χ2v) is 6.47. The lowest BCUT2D eigenvalue weighted by Gasteiger charge is -2.18. The van der Waals surface area contributed by atoms with Crippen LogP contribution in [0.15, 0.2) is 23.3 Å². The number of nitrogens with one attached hydrogen (secondary N) is 2. The largest absolute Gasteiger partial charge is 0.286 e. The Hall–Kier alpha value is -1.00. The number of rotatable bonds is 12. The highest BCUT2D eigenvalue weighted by molar-refractivity contribution is 5.90. The zero-order valence-corrected chi connectivity index (χ0v) is 17.1. The van der Waals surface area contributed by atoms with Gasteiger partial charge in [-0.05, 0) is 18.6 Å². The molecule has 0 unspecified atom stereocenters. The molecule has 1 aliphatic heterocycles. The van der Waals surface area contributed by atoms with Gasteiger partial charge in [-0.3, -0.25) is 10.9 Å². The van der Waals surface area contributed by atoms with Crippen molar-refractivity contribution in [2.24, 2.45) is 4.99 Å². The van der Waals surface area contributed by atoms with E-state index in [0.717, 1.165) is 23.8 Å². The van der Waals surface area contributed by atoms with E-state index in [2.05, 4.69) is 27.8 Å². The number of unbranched alkanes of at least 4 members (excludes halogenated alkanes) is 10. The summed E-state index contributed by atoms with van der Waals surface area (Å²) < 4.78 is 0. The summed E-state index contributed by atoms with van der Waals surface area (Å²) in [6.07, 6.45) is 17.9. The van der Waals surface area contributed by atoms with Crippen LogP contribution in [0.1, 0.15) is 84.0 Å². The van der Waals surface area contributed by atoms with Crippen LogP contribution >= 0.6 is 24.8 Å². The number of nitrogens with zero attached hydrogens (tertiary/aromatic N) is 2. The molecule has 0 aromatic carbocycles. The first-order valence-electron chi connectivity index (χ1n) is 9.45. The van der Waals surface area contributed by atoms with Crippen molar-refractivity contribution < 1.29 is 0 Å². The van der Waals surface area contributed by atoms with Gasteiger partial charge in [0.05, 0.1) is 0 Å². The Bertz CT molecular complexity index is 480. The number of hydrazine groups is 1. The summed E-state index contributed by atoms with van der Waals surface area (Å²) >= 11 is 0. The SMILES string of the molecule is CCCCCCCCCCCCCC1=Nc2cccnc2NN1.Cl.Cl. The van der Waals surface area contributed by atoms with E-state index in [4.69, 9.17) is 0 Å². The van der Waals surface area contributed by atoms with Crippen molar-refractivity contribution in [3.05, 3.63) is 18.3 Å². The second-order valence-electron chi connectivity index (χ2n) is 6.47. The molecule has 2 rings (SSSR count). The lowest BCUT2D eigenvalue weighted by Crippen LogP contribution is -2.32. The first-order valence-corrected chi connectivity index (χ1v) is 9.45. The molecule has 2 N–H and O–H groups in total. The number of amidine groups is 1. The average molecular weight is 389 g/mol. The highest BCUT2D eigenvalue weighted by atomic mass is 35.5. The molecule has 144 valence electrons. The van der Waals surface area contributed by atoms with E-state index in [0.29, 0.717) is 0 Å². The monoisotopic (exact) mass is 388 g/mol. The molecule has 0 saturated heterocycles. The highest BCUT2D eigenvalue weighted by Gasteiger charge is 2.10. The summed E-state index contributed by atoms with van der Waals surface area (Å²) in [5.74, 6) is 1.84. The summed E-state index contributed by atoms with van der Waals surface area (Å²) in [5, 5.41) is 0. The van der Waals surface area contributed by atoms with Crippen LogP contribution in [-0.2, 0) is 0 Å². The van der Waals surface area contributed by atoms with Crippen molar-refractivity contribution >= 4 is 42.2 Å². The molecule has 2 heterocycles. The van der Waals surface area contributed by atoms with Gasteiger partial charge in [0.1, 0.15) is 11.5 Å². The maximum absolute atomic E-state index is 4.61. The molecular weight excluding hydrogens is 355 g/mol. The molecule has 1 aliphatic rings. The average Bonchev–Trinajstić information content (AvgIpc) is 2.59. The Kier molecular flexibility index (Phi) is 14.7. The minimum Gasteiger partial charge on any atom is -0.286 e. The van der Waals surface area contributed by atoms with Crippen LogP contribution in [0.4, 0.5) is 11.5 Å². The third kappa shape index (κ3) is 9.91. The smallest absolute Gasteiger partial charge is 0.170 e. The van der Waals surface area contributed by atoms with Crippen LogP contribution in [0.25, 0.3) is 0 Å². The molecule has 0 radical (unpaired) electrons. The topological polar surface area (TPSA) is 49.3 Å². The number of anilines is 1. The van der Waals surface area contributed by atoms with Gasteiger partial charge in [-0.2, -0.15) is 0 Å². The first kappa shape index (κ1) is 24.0. The lowest BCUT2D eigenvalue weighted by atomic mass is 10.1. The minimum atomic E-state index is 0. The second kappa shape index (κ2) is 15.3. The van der Waals surface area contributed by atoms with E-state index in [1.54, 1.807) is 6.20 Å². The fourth-order valence-electron chi connectivity index (χ4n) is 2.96. The predicted molar refractivity (Wildman–Crippen MR) is 114 cm³/mol. The number of halogens is 2. The van der Waals surface area contributed by atoms with Gasteiger partial charge in [-0.1, -0.05) is 71.1 Å². The molecule has 0 aliphatic carbocycles. The number of hydrogen-bond donors (Lipinski definition) is 2. The number of fused-ring (bicyclic) bond motifs is 1. The van der Waals surface area contributed by atoms with Gasteiger partial charge in [0, 0.05) is 12.6 Å². The Morgan fingerprint density at radius 2 is 1.40 bits per heavy atom. The van der Waals surface area contributed by atoms with Gasteiger partial charge in [0.2, 0.25) is 0 Å². The van der Waals surface area contributed by atoms with E-state index in [1.165, 1.54) is 70.6 Å². The Labute approximate surface area is 165 Å². The number of aliphatic imine (C=N–C) groups is 1. The maximum Gasteiger partial charge on any atom is 0.170 e. The van der Waals surface area contributed by atoms with Crippen molar-refractivity contribution in [3.63, 3.8) is 0 Å². The van der Waals surface area contributed by atoms with Gasteiger partial charge in [0.25, 0.3) is 0 Å². The van der Waals surface area contributed by atoms with Crippen LogP contribution in [0.2, 0.25) is 0 Å². The van der Waals surface area contributed by atoms with Gasteiger partial charge >= 0.3 is 0 Å². The summed E-state index contributed by atoms with van der Waals surface area (Å²) in [7, 11) is 0. The van der Waals surface area contributed by atoms with Crippen LogP contribution in [0.5, 0.6) is 0 Å². The van der Waals surface area contributed by atoms with E-state index < -0.39 is 0 Å². The predicted octanol–water partition coefficient (Wildman–Crippen LogP) is 6.59. The Morgan fingerprint density at radius 3 is 2.04 bits per heavy atom. The van der Waals surface area contributed by atoms with Crippen molar-refractivity contribution in [2.75, 3.05) is 5.43 Å². The molecule has 0 bridgehead atoms. The molecule has 1 aromatic heterocycles. The van der Waals surface area contributed by atoms with Crippen molar-refractivity contribution in [1.82, 2.24) is 10.4 Å². The minimum absolute atomic E-state index is 0. The van der Waals surface area contributed by atoms with E-state index in [1.807, 2.05) is 12.1 Å². The first-order chi connectivity index (χ1) is 11.4. The molecule has 4 nitrogen and oxygen atoms in total. The van der Waals surface area contributed by atoms with E-state index in [-0.39, 0.29) is 24.8 Å². The van der Waals surface area contributed by atoms with Crippen molar-refractivity contribution in [3.8, 4) is 0 Å². The number of aromatic nitrogens is 1. The van der Waals surface area contributed by atoms with Crippen LogP contribution in [-0.4, -0.2) is 10.8 Å². The summed E-state index contributed by atoms with van der Waals surface area (Å²) in [4.78, 5) is 8.84. The Morgan fingerprint density at radius 1 is 0.800 bits per heavy atom. The maximum atomic E-state index is 4.61. The number of hydrogen-bond acceptors (Lipinski definition) is 4. The molecule has 0 spiro atoms. The third-order valence-corrected chi connectivity index (χ3v) is 4.38. The lowest BCUT2D eigenvalue weighted by molar-refractivity contribution is 0.551. The molecular formula is C19H34Cl2N4. The molecule has 0 amide bonds. The highest BCUT2D eigenvalue weighted by Crippen LogP contribution is 2.24. The standard InChI is InChI=1S/C19H32N4.2ClH/c1-2-3-4-5-6-7-8-9-10-11-12-15-18-21-17-14-13-16-20-19(17)23-22-18;;/h13-14,16H,2-12,15H2,1H3,(H,20,23)(H,21,22);2*1H. The molecule has 1 aromatic rings. The zero-order valence-electron chi connectivity index (χ0n) is 15.4. The van der Waals surface area contributed by atoms with Gasteiger partial charge < -0.3 is 0 Å². The normalized spacial score (nSPS) is 12.0. The molecule has 6 heteroatoms. The zero-order chi connectivity index (χ0) is 16.2. The molecule has 25 heavy (non-hydrogen) atoms. The third-order valence-electron chi connectivity index (χ3n) is 4.38. The van der Waals surface area contributed by atoms with Crippen molar-refractivity contribution in [2.45, 2.75) is 84.0 Å². The van der Waals surface area contributed by atoms with Crippen molar-refractivity contribution in [1.29, 1.82) is 0 Å². The van der Waals surface area contributed by atoms with Gasteiger partial charge in [-0.15, -0.1) is 24.8 Å². The van der Waals surface area contributed by atoms with Gasteiger partial charge in [0.15, 0.2) is 5.82 Å². The van der Waals surface area contributed by atoms with Crippen LogP contribution in [0, 0.1) is 0 Å². The fraction of sp³-hybridized carbons (Fsp3) is 0.684. The summed E-state index contributed by atoms with van der Waals surface area (Å²) in [6.45, 7) is 2.28. The number of pyridine rings is 1. The van der Waals surface area contributed by atoms with E-state index in [9.17, 15) is 0 Å². The Balaban J connectivity index is 0.00000288. The molecule has 0 fully saturated rings. The fourth-order valence-corrected chi connectivity index (χ4v) is 2.96. The van der Waals surface area contributed by atoms with E-state index >= 15 is 0 Å². The van der Waals surface area contributed by atoms with Crippen LogP contribution < -0.4 is 10.9 Å². The summed E-state index contributed by atoms with van der Waals surface area (Å²) in [6, 6.07) is 3.92.